The van der Waals surface area contributed by atoms with Gasteiger partial charge in [0.25, 0.3) is 0 Å². The number of hydrogen-bond donors (Lipinski definition) is 3. The number of anilines is 1. The highest BCUT2D eigenvalue weighted by Gasteiger charge is 2.24. The van der Waals surface area contributed by atoms with E-state index in [1.54, 1.807) is 0 Å². The minimum Gasteiger partial charge on any atom is -0.469 e. The molecule has 18 heavy (non-hydrogen) atoms. The molecule has 0 aliphatic carbocycles. The smallest absolute Gasteiger partial charge is 0.308 e. The average Bonchev–Trinajstić information content (AvgIpc) is 2.32. The molecule has 0 spiro atoms. The maximum absolute atomic E-state index is 11.0. The lowest BCUT2D eigenvalue weighted by Gasteiger charge is -2.19. The van der Waals surface area contributed by atoms with Gasteiger partial charge in [0.15, 0.2) is 0 Å². The Bertz CT molecular complexity index is 453. The molecule has 4 N–H and O–H groups in total. The fraction of sp³-hybridized carbons (Fsp3) is 0.364. The van der Waals surface area contributed by atoms with E-state index in [2.05, 4.69) is 4.74 Å². The normalized spacial score (nSPS) is 14.1. The Morgan fingerprint density at radius 1 is 1.39 bits per heavy atom. The van der Waals surface area contributed by atoms with Crippen LogP contribution >= 0.6 is 23.2 Å². The van der Waals surface area contributed by atoms with Gasteiger partial charge in [-0.05, 0) is 12.1 Å². The number of rotatable bonds is 4. The molecule has 0 bridgehead atoms. The van der Waals surface area contributed by atoms with Crippen LogP contribution in [0.15, 0.2) is 12.1 Å². The SMILES string of the molecule is COC(=O)CC(O)C(O)c1cc(Cl)c(N)cc1Cl. The molecule has 1 aromatic rings. The molecule has 0 aliphatic rings. The van der Waals surface area contributed by atoms with Gasteiger partial charge in [0.2, 0.25) is 0 Å². The van der Waals surface area contributed by atoms with E-state index in [9.17, 15) is 15.0 Å². The molecule has 1 rings (SSSR count). The fourth-order valence-electron chi connectivity index (χ4n) is 1.38. The van der Waals surface area contributed by atoms with Crippen molar-refractivity contribution in [3.05, 3.63) is 27.7 Å². The third-order valence-corrected chi connectivity index (χ3v) is 3.06. The average molecular weight is 294 g/mol. The molecular weight excluding hydrogens is 281 g/mol. The zero-order valence-electron chi connectivity index (χ0n) is 9.56. The summed E-state index contributed by atoms with van der Waals surface area (Å²) in [7, 11) is 1.19. The van der Waals surface area contributed by atoms with Crippen LogP contribution in [-0.4, -0.2) is 29.4 Å². The van der Waals surface area contributed by atoms with Gasteiger partial charge in [-0.15, -0.1) is 0 Å². The van der Waals surface area contributed by atoms with E-state index in [4.69, 9.17) is 28.9 Å². The summed E-state index contributed by atoms with van der Waals surface area (Å²) >= 11 is 11.7. The second kappa shape index (κ2) is 6.24. The maximum atomic E-state index is 11.0. The van der Waals surface area contributed by atoms with Crippen LogP contribution in [0.5, 0.6) is 0 Å². The topological polar surface area (TPSA) is 92.8 Å². The van der Waals surface area contributed by atoms with E-state index in [0.717, 1.165) is 0 Å². The second-order valence-corrected chi connectivity index (χ2v) is 4.50. The van der Waals surface area contributed by atoms with Crippen LogP contribution in [0.1, 0.15) is 18.1 Å². The van der Waals surface area contributed by atoms with Crippen molar-refractivity contribution in [2.45, 2.75) is 18.6 Å². The van der Waals surface area contributed by atoms with E-state index in [1.165, 1.54) is 19.2 Å². The van der Waals surface area contributed by atoms with Crippen molar-refractivity contribution >= 4 is 34.9 Å². The monoisotopic (exact) mass is 293 g/mol. The van der Waals surface area contributed by atoms with Gasteiger partial charge < -0.3 is 20.7 Å². The number of aliphatic hydroxyl groups is 2. The predicted molar refractivity (Wildman–Crippen MR) is 68.5 cm³/mol. The van der Waals surface area contributed by atoms with Crippen LogP contribution in [-0.2, 0) is 9.53 Å². The first kappa shape index (κ1) is 15.0. The summed E-state index contributed by atoms with van der Waals surface area (Å²) in [4.78, 5) is 11.0. The van der Waals surface area contributed by atoms with Gasteiger partial charge in [0.05, 0.1) is 30.3 Å². The fourth-order valence-corrected chi connectivity index (χ4v) is 1.83. The summed E-state index contributed by atoms with van der Waals surface area (Å²) < 4.78 is 4.39. The highest BCUT2D eigenvalue weighted by atomic mass is 35.5. The Kier molecular flexibility index (Phi) is 5.22. The number of benzene rings is 1. The van der Waals surface area contributed by atoms with E-state index >= 15 is 0 Å². The number of ether oxygens (including phenoxy) is 1. The summed E-state index contributed by atoms with van der Waals surface area (Å²) in [5.74, 6) is -0.640. The van der Waals surface area contributed by atoms with Crippen molar-refractivity contribution in [2.24, 2.45) is 0 Å². The van der Waals surface area contributed by atoms with Crippen LogP contribution in [0.25, 0.3) is 0 Å². The number of aliphatic hydroxyl groups excluding tert-OH is 2. The summed E-state index contributed by atoms with van der Waals surface area (Å²) in [6, 6.07) is 2.72. The third kappa shape index (κ3) is 3.49. The zero-order valence-corrected chi connectivity index (χ0v) is 11.1. The molecule has 5 nitrogen and oxygen atoms in total. The molecule has 0 amide bonds. The molecule has 0 aliphatic heterocycles. The molecule has 0 heterocycles. The van der Waals surface area contributed by atoms with Crippen molar-refractivity contribution in [3.63, 3.8) is 0 Å². The minimum atomic E-state index is -1.35. The molecular formula is C11H13Cl2NO4. The van der Waals surface area contributed by atoms with E-state index in [1.807, 2.05) is 0 Å². The molecule has 0 saturated heterocycles. The lowest BCUT2D eigenvalue weighted by atomic mass is 10.0. The van der Waals surface area contributed by atoms with Gasteiger partial charge in [0, 0.05) is 10.6 Å². The molecule has 0 radical (unpaired) electrons. The van der Waals surface area contributed by atoms with Crippen LogP contribution in [0, 0.1) is 0 Å². The molecule has 0 aromatic heterocycles. The molecule has 0 fully saturated rings. The number of hydrogen-bond acceptors (Lipinski definition) is 5. The summed E-state index contributed by atoms with van der Waals surface area (Å²) in [5, 5.41) is 19.9. The first-order valence-corrected chi connectivity index (χ1v) is 5.79. The van der Waals surface area contributed by atoms with Gasteiger partial charge >= 0.3 is 5.97 Å². The lowest BCUT2D eigenvalue weighted by Crippen LogP contribution is -2.23. The number of methoxy groups -OCH3 is 1. The van der Waals surface area contributed by atoms with Crippen molar-refractivity contribution in [3.8, 4) is 0 Å². The van der Waals surface area contributed by atoms with Crippen LogP contribution in [0.4, 0.5) is 5.69 Å². The highest BCUT2D eigenvalue weighted by Crippen LogP contribution is 2.32. The quantitative estimate of drug-likeness (QED) is 0.578. The van der Waals surface area contributed by atoms with Gasteiger partial charge in [-0.25, -0.2) is 0 Å². The standard InChI is InChI=1S/C11H13Cl2NO4/c1-18-10(16)4-9(15)11(17)5-2-7(13)8(14)3-6(5)12/h2-3,9,11,15,17H,4,14H2,1H3. The first-order valence-electron chi connectivity index (χ1n) is 5.04. The van der Waals surface area contributed by atoms with Gasteiger partial charge in [0.1, 0.15) is 6.10 Å². The predicted octanol–water partition coefficient (Wildman–Crippen LogP) is 1.53. The summed E-state index contributed by atoms with van der Waals surface area (Å²) in [6.45, 7) is 0. The highest BCUT2D eigenvalue weighted by molar-refractivity contribution is 6.35. The van der Waals surface area contributed by atoms with Crippen molar-refractivity contribution in [1.82, 2.24) is 0 Å². The molecule has 2 atom stereocenters. The third-order valence-electron chi connectivity index (χ3n) is 2.40. The zero-order chi connectivity index (χ0) is 13.9. The van der Waals surface area contributed by atoms with E-state index < -0.39 is 18.2 Å². The maximum Gasteiger partial charge on any atom is 0.308 e. The minimum absolute atomic E-state index is 0.160. The molecule has 0 saturated carbocycles. The van der Waals surface area contributed by atoms with Crippen molar-refractivity contribution < 1.29 is 19.7 Å². The number of nitrogens with two attached hydrogens (primary N) is 1. The summed E-state index contributed by atoms with van der Waals surface area (Å²) in [6.07, 6.45) is -3.04. The Hall–Kier alpha value is -1.01. The van der Waals surface area contributed by atoms with Crippen LogP contribution in [0.2, 0.25) is 10.0 Å². The Labute approximate surface area is 114 Å². The molecule has 1 aromatic carbocycles. The molecule has 7 heteroatoms. The van der Waals surface area contributed by atoms with Crippen molar-refractivity contribution in [1.29, 1.82) is 0 Å². The van der Waals surface area contributed by atoms with Crippen molar-refractivity contribution in [2.75, 3.05) is 12.8 Å². The first-order chi connectivity index (χ1) is 8.36. The Morgan fingerprint density at radius 2 is 2.00 bits per heavy atom. The van der Waals surface area contributed by atoms with E-state index in [0.29, 0.717) is 0 Å². The number of nitrogen functional groups attached to an aromatic ring is 1. The van der Waals surface area contributed by atoms with Crippen LogP contribution in [0.3, 0.4) is 0 Å². The largest absolute Gasteiger partial charge is 0.469 e. The molecule has 100 valence electrons. The number of halogens is 2. The summed E-state index contributed by atoms with van der Waals surface area (Å²) in [5.41, 5.74) is 6.00. The Balaban J connectivity index is 2.93. The lowest BCUT2D eigenvalue weighted by molar-refractivity contribution is -0.144. The second-order valence-electron chi connectivity index (χ2n) is 3.69. The van der Waals surface area contributed by atoms with Crippen LogP contribution < -0.4 is 5.73 Å². The number of carbonyl (C=O) groups is 1. The number of carbonyl (C=O) groups excluding carboxylic acids is 1. The molecule has 2 unspecified atom stereocenters. The Morgan fingerprint density at radius 3 is 2.56 bits per heavy atom. The number of esters is 1. The van der Waals surface area contributed by atoms with E-state index in [-0.39, 0.29) is 27.7 Å². The van der Waals surface area contributed by atoms with Gasteiger partial charge in [-0.3, -0.25) is 4.79 Å². The van der Waals surface area contributed by atoms with Gasteiger partial charge in [-0.2, -0.15) is 0 Å². The van der Waals surface area contributed by atoms with Gasteiger partial charge in [-0.1, -0.05) is 23.2 Å².